The van der Waals surface area contributed by atoms with Crippen LogP contribution < -0.4 is 9.62 Å². The van der Waals surface area contributed by atoms with Gasteiger partial charge in [-0.15, -0.1) is 0 Å². The third-order valence-corrected chi connectivity index (χ3v) is 5.11. The normalized spacial score (nSPS) is 11.1. The number of nitro benzene ring substituents is 1. The Morgan fingerprint density at radius 3 is 2.26 bits per heavy atom. The molecule has 9 heteroatoms. The first-order valence-corrected chi connectivity index (χ1v) is 8.72. The van der Waals surface area contributed by atoms with Crippen LogP contribution in [0.3, 0.4) is 0 Å². The molecule has 0 radical (unpaired) electrons. The van der Waals surface area contributed by atoms with Gasteiger partial charge in [-0.25, -0.2) is 8.42 Å². The third-order valence-electron chi connectivity index (χ3n) is 3.06. The summed E-state index contributed by atoms with van der Waals surface area (Å²) >= 11 is 3.02. The van der Waals surface area contributed by atoms with Gasteiger partial charge in [0.25, 0.3) is 15.7 Å². The Kier molecular flexibility index (Phi) is 4.90. The molecule has 0 aliphatic heterocycles. The highest BCUT2D eigenvalue weighted by Gasteiger charge is 2.20. The smallest absolute Gasteiger partial charge is 0.284 e. The quantitative estimate of drug-likeness (QED) is 0.615. The Hall–Kier alpha value is -2.13. The average molecular weight is 400 g/mol. The van der Waals surface area contributed by atoms with E-state index in [0.29, 0.717) is 5.69 Å². The van der Waals surface area contributed by atoms with E-state index in [4.69, 9.17) is 0 Å². The van der Waals surface area contributed by atoms with Crippen LogP contribution >= 0.6 is 15.9 Å². The minimum atomic E-state index is -3.91. The Bertz CT molecular complexity index is 836. The maximum atomic E-state index is 12.3. The van der Waals surface area contributed by atoms with Crippen LogP contribution in [0.5, 0.6) is 0 Å². The van der Waals surface area contributed by atoms with E-state index in [1.165, 1.54) is 12.1 Å². The van der Waals surface area contributed by atoms with Crippen molar-refractivity contribution in [2.45, 2.75) is 4.90 Å². The summed E-state index contributed by atoms with van der Waals surface area (Å²) in [5.41, 5.74) is 0.990. The lowest BCUT2D eigenvalue weighted by Gasteiger charge is -2.13. The number of rotatable bonds is 5. The lowest BCUT2D eigenvalue weighted by Crippen LogP contribution is -2.13. The minimum absolute atomic E-state index is 0.177. The van der Waals surface area contributed by atoms with Crippen molar-refractivity contribution >= 4 is 43.0 Å². The zero-order valence-corrected chi connectivity index (χ0v) is 14.8. The summed E-state index contributed by atoms with van der Waals surface area (Å²) in [6.07, 6.45) is 0. The van der Waals surface area contributed by atoms with E-state index in [1.54, 1.807) is 24.3 Å². The second kappa shape index (κ2) is 6.55. The molecular formula is C14H14BrN3O4S. The molecule has 2 rings (SSSR count). The second-order valence-corrected chi connectivity index (χ2v) is 7.45. The predicted molar refractivity (Wildman–Crippen MR) is 92.4 cm³/mol. The average Bonchev–Trinajstić information content (AvgIpc) is 2.47. The van der Waals surface area contributed by atoms with Crippen molar-refractivity contribution in [2.75, 3.05) is 23.7 Å². The molecule has 7 nitrogen and oxygen atoms in total. The molecule has 0 saturated heterocycles. The molecule has 0 heterocycles. The van der Waals surface area contributed by atoms with E-state index in [1.807, 2.05) is 19.0 Å². The van der Waals surface area contributed by atoms with Crippen LogP contribution in [-0.2, 0) is 10.0 Å². The zero-order valence-electron chi connectivity index (χ0n) is 12.4. The number of nitrogens with one attached hydrogen (secondary N) is 1. The van der Waals surface area contributed by atoms with Gasteiger partial charge in [-0.1, -0.05) is 0 Å². The topological polar surface area (TPSA) is 92.6 Å². The highest BCUT2D eigenvalue weighted by atomic mass is 79.9. The summed E-state index contributed by atoms with van der Waals surface area (Å²) in [6.45, 7) is 0. The Morgan fingerprint density at radius 1 is 1.13 bits per heavy atom. The van der Waals surface area contributed by atoms with Gasteiger partial charge in [0.2, 0.25) is 0 Å². The Labute approximate surface area is 142 Å². The number of hydrogen-bond donors (Lipinski definition) is 1. The van der Waals surface area contributed by atoms with Gasteiger partial charge in [-0.3, -0.25) is 14.8 Å². The molecule has 0 amide bonds. The van der Waals surface area contributed by atoms with Crippen LogP contribution in [-0.4, -0.2) is 27.4 Å². The Morgan fingerprint density at radius 2 is 1.74 bits per heavy atom. The van der Waals surface area contributed by atoms with E-state index in [2.05, 4.69) is 20.7 Å². The van der Waals surface area contributed by atoms with Crippen molar-refractivity contribution in [3.05, 3.63) is 57.1 Å². The molecule has 0 aromatic heterocycles. The highest BCUT2D eigenvalue weighted by Crippen LogP contribution is 2.28. The van der Waals surface area contributed by atoms with Gasteiger partial charge < -0.3 is 4.90 Å². The van der Waals surface area contributed by atoms with E-state index in [9.17, 15) is 18.5 Å². The molecule has 0 unspecified atom stereocenters. The fourth-order valence-electron chi connectivity index (χ4n) is 1.84. The monoisotopic (exact) mass is 399 g/mol. The van der Waals surface area contributed by atoms with Crippen molar-refractivity contribution < 1.29 is 13.3 Å². The number of nitrogens with zero attached hydrogens (tertiary/aromatic N) is 2. The molecular weight excluding hydrogens is 386 g/mol. The molecule has 23 heavy (non-hydrogen) atoms. The molecule has 0 fully saturated rings. The summed E-state index contributed by atoms with van der Waals surface area (Å²) in [7, 11) is -0.158. The first-order chi connectivity index (χ1) is 10.7. The van der Waals surface area contributed by atoms with Gasteiger partial charge in [0.15, 0.2) is 0 Å². The third kappa shape index (κ3) is 3.99. The van der Waals surface area contributed by atoms with Crippen LogP contribution in [0.2, 0.25) is 0 Å². The van der Waals surface area contributed by atoms with Gasteiger partial charge in [0, 0.05) is 31.5 Å². The number of benzene rings is 2. The van der Waals surface area contributed by atoms with Gasteiger partial charge in [-0.2, -0.15) is 0 Å². The van der Waals surface area contributed by atoms with Crippen molar-refractivity contribution in [1.29, 1.82) is 0 Å². The van der Waals surface area contributed by atoms with Gasteiger partial charge in [-0.05, 0) is 52.3 Å². The highest BCUT2D eigenvalue weighted by molar-refractivity contribution is 9.10. The largest absolute Gasteiger partial charge is 0.378 e. The van der Waals surface area contributed by atoms with E-state index in [0.717, 1.165) is 11.8 Å². The molecule has 0 aliphatic rings. The maximum absolute atomic E-state index is 12.3. The van der Waals surface area contributed by atoms with Gasteiger partial charge in [0.05, 0.1) is 14.3 Å². The SMILES string of the molecule is CN(C)c1ccc(NS(=O)(=O)c2ccc(Br)c([N+](=O)[O-])c2)cc1. The fourth-order valence-corrected chi connectivity index (χ4v) is 3.31. The molecule has 122 valence electrons. The summed E-state index contributed by atoms with van der Waals surface area (Å²) in [5.74, 6) is 0. The van der Waals surface area contributed by atoms with Crippen molar-refractivity contribution in [2.24, 2.45) is 0 Å². The Balaban J connectivity index is 2.32. The minimum Gasteiger partial charge on any atom is -0.378 e. The van der Waals surface area contributed by atoms with Gasteiger partial charge in [0.1, 0.15) is 0 Å². The number of nitro groups is 1. The summed E-state index contributed by atoms with van der Waals surface area (Å²) < 4.78 is 27.3. The molecule has 0 aliphatic carbocycles. The van der Waals surface area contributed by atoms with Crippen molar-refractivity contribution in [1.82, 2.24) is 0 Å². The van der Waals surface area contributed by atoms with Crippen molar-refractivity contribution in [3.63, 3.8) is 0 Å². The summed E-state index contributed by atoms with van der Waals surface area (Å²) in [5, 5.41) is 10.9. The molecule has 1 N–H and O–H groups in total. The molecule has 2 aromatic carbocycles. The molecule has 2 aromatic rings. The molecule has 0 spiro atoms. The van der Waals surface area contributed by atoms with Crippen LogP contribution in [0.25, 0.3) is 0 Å². The summed E-state index contributed by atoms with van der Waals surface area (Å²) in [6, 6.07) is 10.4. The fraction of sp³-hybridized carbons (Fsp3) is 0.143. The number of sulfonamides is 1. The summed E-state index contributed by atoms with van der Waals surface area (Å²) in [4.78, 5) is 12.0. The second-order valence-electron chi connectivity index (χ2n) is 4.92. The number of hydrogen-bond acceptors (Lipinski definition) is 5. The number of halogens is 1. The maximum Gasteiger partial charge on any atom is 0.284 e. The van der Waals surface area contributed by atoms with E-state index >= 15 is 0 Å². The predicted octanol–water partition coefficient (Wildman–Crippen LogP) is 3.22. The van der Waals surface area contributed by atoms with Crippen LogP contribution in [0.15, 0.2) is 51.8 Å². The molecule has 0 saturated carbocycles. The molecule has 0 atom stereocenters. The zero-order chi connectivity index (χ0) is 17.2. The lowest BCUT2D eigenvalue weighted by molar-refractivity contribution is -0.385. The van der Waals surface area contributed by atoms with Gasteiger partial charge >= 0.3 is 0 Å². The lowest BCUT2D eigenvalue weighted by atomic mass is 10.3. The molecule has 0 bridgehead atoms. The van der Waals surface area contributed by atoms with E-state index in [-0.39, 0.29) is 15.1 Å². The standard InChI is InChI=1S/C14H14BrN3O4S/c1-17(2)11-5-3-10(4-6-11)16-23(21,22)12-7-8-13(15)14(9-12)18(19)20/h3-9,16H,1-2H3. The van der Waals surface area contributed by atoms with Crippen LogP contribution in [0.1, 0.15) is 0 Å². The van der Waals surface area contributed by atoms with E-state index < -0.39 is 14.9 Å². The number of anilines is 2. The van der Waals surface area contributed by atoms with Crippen molar-refractivity contribution in [3.8, 4) is 0 Å². The first-order valence-electron chi connectivity index (χ1n) is 6.45. The first kappa shape index (κ1) is 17.2. The van der Waals surface area contributed by atoms with Crippen LogP contribution in [0.4, 0.5) is 17.1 Å². The van der Waals surface area contributed by atoms with Crippen LogP contribution in [0, 0.1) is 10.1 Å².